The predicted molar refractivity (Wildman–Crippen MR) is 76.4 cm³/mol. The van der Waals surface area contributed by atoms with Gasteiger partial charge in [-0.1, -0.05) is 35.9 Å². The number of benzene rings is 2. The highest BCUT2D eigenvalue weighted by atomic mass is 35.5. The first-order chi connectivity index (χ1) is 8.83. The first-order valence-corrected chi connectivity index (χ1v) is 6.06. The van der Waals surface area contributed by atoms with Crippen LogP contribution in [0.2, 0.25) is 5.02 Å². The van der Waals surface area contributed by atoms with E-state index in [0.29, 0.717) is 0 Å². The molecule has 1 heterocycles. The molecule has 0 unspecified atom stereocenters. The van der Waals surface area contributed by atoms with E-state index in [-0.39, 0.29) is 0 Å². The summed E-state index contributed by atoms with van der Waals surface area (Å²) in [6.45, 7) is 0. The number of imidazole rings is 1. The van der Waals surface area contributed by atoms with Crippen molar-refractivity contribution in [3.8, 4) is 0 Å². The molecule has 0 aliphatic heterocycles. The molecule has 18 heavy (non-hydrogen) atoms. The van der Waals surface area contributed by atoms with Crippen LogP contribution in [0.3, 0.4) is 0 Å². The monoisotopic (exact) mass is 254 g/mol. The number of para-hydroxylation sites is 2. The molecule has 3 aromatic rings. The highest BCUT2D eigenvalue weighted by Gasteiger charge is 1.97. The topological polar surface area (TPSA) is 17.8 Å². The molecule has 0 saturated heterocycles. The Kier molecular flexibility index (Phi) is 2.87. The van der Waals surface area contributed by atoms with Gasteiger partial charge in [0.25, 0.3) is 0 Å². The van der Waals surface area contributed by atoms with Crippen LogP contribution in [0.25, 0.3) is 23.3 Å². The van der Waals surface area contributed by atoms with Gasteiger partial charge < -0.3 is 4.57 Å². The number of aromatic nitrogens is 2. The van der Waals surface area contributed by atoms with Gasteiger partial charge in [0.1, 0.15) is 0 Å². The number of halogens is 1. The van der Waals surface area contributed by atoms with Crippen LogP contribution in [0.1, 0.15) is 5.56 Å². The third-order valence-electron chi connectivity index (χ3n) is 2.78. The van der Waals surface area contributed by atoms with E-state index in [1.807, 2.05) is 65.6 Å². The van der Waals surface area contributed by atoms with Crippen LogP contribution in [-0.4, -0.2) is 9.55 Å². The summed E-state index contributed by atoms with van der Waals surface area (Å²) in [5.74, 6) is 0. The average Bonchev–Trinajstić information content (AvgIpc) is 2.82. The number of nitrogens with zero attached hydrogens (tertiary/aromatic N) is 2. The minimum Gasteiger partial charge on any atom is -0.306 e. The van der Waals surface area contributed by atoms with E-state index in [1.54, 1.807) is 0 Å². The molecule has 1 aromatic heterocycles. The lowest BCUT2D eigenvalue weighted by molar-refractivity contribution is 1.18. The summed E-state index contributed by atoms with van der Waals surface area (Å²) in [4.78, 5) is 4.34. The van der Waals surface area contributed by atoms with Crippen LogP contribution in [-0.2, 0) is 0 Å². The lowest BCUT2D eigenvalue weighted by Gasteiger charge is -1.97. The fourth-order valence-corrected chi connectivity index (χ4v) is 1.96. The minimum atomic E-state index is 0.750. The highest BCUT2D eigenvalue weighted by Crippen LogP contribution is 2.14. The van der Waals surface area contributed by atoms with Gasteiger partial charge in [0.2, 0.25) is 0 Å². The second-order valence-corrected chi connectivity index (χ2v) is 4.44. The Morgan fingerprint density at radius 2 is 1.78 bits per heavy atom. The van der Waals surface area contributed by atoms with E-state index < -0.39 is 0 Å². The molecule has 0 fully saturated rings. The van der Waals surface area contributed by atoms with E-state index in [9.17, 15) is 0 Å². The van der Waals surface area contributed by atoms with E-state index in [0.717, 1.165) is 21.6 Å². The third kappa shape index (κ3) is 2.15. The van der Waals surface area contributed by atoms with Gasteiger partial charge in [-0.25, -0.2) is 4.98 Å². The van der Waals surface area contributed by atoms with Crippen LogP contribution in [0.5, 0.6) is 0 Å². The molecule has 3 rings (SSSR count). The van der Waals surface area contributed by atoms with Crippen molar-refractivity contribution in [2.75, 3.05) is 0 Å². The first-order valence-electron chi connectivity index (χ1n) is 5.68. The van der Waals surface area contributed by atoms with Crippen molar-refractivity contribution in [1.29, 1.82) is 0 Å². The van der Waals surface area contributed by atoms with E-state index >= 15 is 0 Å². The smallest absolute Gasteiger partial charge is 0.0999 e. The van der Waals surface area contributed by atoms with Gasteiger partial charge >= 0.3 is 0 Å². The van der Waals surface area contributed by atoms with Crippen molar-refractivity contribution < 1.29 is 0 Å². The summed E-state index contributed by atoms with van der Waals surface area (Å²) < 4.78 is 2.00. The van der Waals surface area contributed by atoms with Crippen molar-refractivity contribution in [3.05, 3.63) is 65.4 Å². The molecule has 0 N–H and O–H groups in total. The molecule has 0 aliphatic carbocycles. The normalized spacial score (nSPS) is 11.4. The Bertz CT molecular complexity index is 696. The van der Waals surface area contributed by atoms with Gasteiger partial charge in [-0.2, -0.15) is 0 Å². The molecular formula is C15H11ClN2. The summed E-state index contributed by atoms with van der Waals surface area (Å²) in [5, 5.41) is 0.750. The van der Waals surface area contributed by atoms with Crippen molar-refractivity contribution in [2.45, 2.75) is 0 Å². The lowest BCUT2D eigenvalue weighted by Crippen LogP contribution is -1.82. The van der Waals surface area contributed by atoms with Gasteiger partial charge in [-0.15, -0.1) is 0 Å². The standard InChI is InChI=1S/C15H11ClN2/c16-13-7-5-12(6-8-13)9-10-18-11-17-14-3-1-2-4-15(14)18/h1-11H/b10-9+. The summed E-state index contributed by atoms with van der Waals surface area (Å²) in [6, 6.07) is 15.8. The zero-order chi connectivity index (χ0) is 12.4. The SMILES string of the molecule is Clc1ccc(/C=C/n2cnc3ccccc32)cc1. The van der Waals surface area contributed by atoms with Gasteiger partial charge in [0, 0.05) is 11.2 Å². The Labute approximate surface area is 110 Å². The van der Waals surface area contributed by atoms with Gasteiger partial charge in [0.15, 0.2) is 0 Å². The molecule has 0 saturated carbocycles. The van der Waals surface area contributed by atoms with Crippen LogP contribution in [0.15, 0.2) is 54.9 Å². The molecule has 88 valence electrons. The van der Waals surface area contributed by atoms with Gasteiger partial charge in [0.05, 0.1) is 17.4 Å². The highest BCUT2D eigenvalue weighted by molar-refractivity contribution is 6.30. The number of fused-ring (bicyclic) bond motifs is 1. The third-order valence-corrected chi connectivity index (χ3v) is 3.03. The number of hydrogen-bond acceptors (Lipinski definition) is 1. The number of hydrogen-bond donors (Lipinski definition) is 0. The maximum absolute atomic E-state index is 5.85. The van der Waals surface area contributed by atoms with Crippen LogP contribution in [0, 0.1) is 0 Å². The molecule has 3 heteroatoms. The Morgan fingerprint density at radius 1 is 1.00 bits per heavy atom. The first kappa shape index (κ1) is 11.1. The van der Waals surface area contributed by atoms with E-state index in [2.05, 4.69) is 11.1 Å². The van der Waals surface area contributed by atoms with Crippen molar-refractivity contribution >= 4 is 34.9 Å². The average molecular weight is 255 g/mol. The second-order valence-electron chi connectivity index (χ2n) is 4.01. The summed E-state index contributed by atoms with van der Waals surface area (Å²) in [6.07, 6.45) is 5.85. The maximum atomic E-state index is 5.85. The maximum Gasteiger partial charge on any atom is 0.0999 e. The summed E-state index contributed by atoms with van der Waals surface area (Å²) >= 11 is 5.85. The quantitative estimate of drug-likeness (QED) is 0.666. The van der Waals surface area contributed by atoms with Crippen molar-refractivity contribution in [1.82, 2.24) is 9.55 Å². The molecule has 0 atom stereocenters. The van der Waals surface area contributed by atoms with E-state index in [1.165, 1.54) is 0 Å². The van der Waals surface area contributed by atoms with Crippen molar-refractivity contribution in [2.24, 2.45) is 0 Å². The van der Waals surface area contributed by atoms with E-state index in [4.69, 9.17) is 11.6 Å². The zero-order valence-corrected chi connectivity index (χ0v) is 10.4. The molecular weight excluding hydrogens is 244 g/mol. The molecule has 0 amide bonds. The Hall–Kier alpha value is -2.06. The Morgan fingerprint density at radius 3 is 2.61 bits per heavy atom. The zero-order valence-electron chi connectivity index (χ0n) is 9.62. The van der Waals surface area contributed by atoms with Crippen LogP contribution in [0.4, 0.5) is 0 Å². The van der Waals surface area contributed by atoms with Gasteiger partial charge in [-0.3, -0.25) is 0 Å². The minimum absolute atomic E-state index is 0.750. The molecule has 0 aliphatic rings. The Balaban J connectivity index is 1.94. The molecule has 2 nitrogen and oxygen atoms in total. The molecule has 2 aromatic carbocycles. The molecule has 0 radical (unpaired) electrons. The predicted octanol–water partition coefficient (Wildman–Crippen LogP) is 4.32. The second kappa shape index (κ2) is 4.67. The molecule has 0 spiro atoms. The summed E-state index contributed by atoms with van der Waals surface area (Å²) in [7, 11) is 0. The fraction of sp³-hybridized carbons (Fsp3) is 0. The van der Waals surface area contributed by atoms with Gasteiger partial charge in [-0.05, 0) is 35.9 Å². The summed E-state index contributed by atoms with van der Waals surface area (Å²) in [5.41, 5.74) is 3.21. The lowest BCUT2D eigenvalue weighted by atomic mass is 10.2. The number of rotatable bonds is 2. The van der Waals surface area contributed by atoms with Crippen molar-refractivity contribution in [3.63, 3.8) is 0 Å². The fourth-order valence-electron chi connectivity index (χ4n) is 1.84. The van der Waals surface area contributed by atoms with Crippen LogP contribution >= 0.6 is 11.6 Å². The molecule has 0 bridgehead atoms. The van der Waals surface area contributed by atoms with Crippen LogP contribution < -0.4 is 0 Å². The largest absolute Gasteiger partial charge is 0.306 e.